The molecule has 0 heterocycles. The molecule has 0 saturated carbocycles. The Bertz CT molecular complexity index is 2210. The molecule has 0 radical (unpaired) electrons. The van der Waals surface area contributed by atoms with E-state index < -0.39 is 36.0 Å². The van der Waals surface area contributed by atoms with Gasteiger partial charge in [-0.25, -0.2) is 28.8 Å². The summed E-state index contributed by atoms with van der Waals surface area (Å²) >= 11 is 0. The van der Waals surface area contributed by atoms with Crippen molar-refractivity contribution in [2.24, 2.45) is 0 Å². The minimum Gasteiger partial charge on any atom is -0.463 e. The lowest BCUT2D eigenvalue weighted by Crippen LogP contribution is -2.12. The van der Waals surface area contributed by atoms with Crippen LogP contribution < -0.4 is 23.7 Å². The van der Waals surface area contributed by atoms with Crippen molar-refractivity contribution in [2.45, 2.75) is 32.6 Å². The van der Waals surface area contributed by atoms with Crippen LogP contribution in [-0.4, -0.2) is 49.2 Å². The van der Waals surface area contributed by atoms with E-state index in [9.17, 15) is 28.8 Å². The van der Waals surface area contributed by atoms with Gasteiger partial charge in [0.05, 0.1) is 35.5 Å². The summed E-state index contributed by atoms with van der Waals surface area (Å²) in [5.74, 6) is -1.97. The Morgan fingerprint density at radius 2 is 0.707 bits per heavy atom. The molecule has 58 heavy (non-hydrogen) atoms. The molecule has 5 aromatic carbocycles. The van der Waals surface area contributed by atoms with E-state index >= 15 is 0 Å². The number of hydrogen-bond acceptors (Lipinski definition) is 13. The number of aryl methyl sites for hydroxylation is 1. The second kappa shape index (κ2) is 20.9. The maximum absolute atomic E-state index is 12.8. The molecule has 13 heteroatoms. The summed E-state index contributed by atoms with van der Waals surface area (Å²) in [5.41, 5.74) is 2.02. The van der Waals surface area contributed by atoms with Crippen LogP contribution in [-0.2, 0) is 14.3 Å². The van der Waals surface area contributed by atoms with Crippen LogP contribution in [0.5, 0.6) is 28.7 Å². The maximum atomic E-state index is 12.8. The molecule has 0 aliphatic carbocycles. The van der Waals surface area contributed by atoms with Crippen molar-refractivity contribution < 1.29 is 61.9 Å². The summed E-state index contributed by atoms with van der Waals surface area (Å²) in [4.78, 5) is 73.4. The highest BCUT2D eigenvalue weighted by molar-refractivity contribution is 5.94. The number of carbonyl (C=O) groups excluding carboxylic acids is 6. The molecule has 0 aliphatic rings. The Balaban J connectivity index is 1.01. The van der Waals surface area contributed by atoms with Crippen LogP contribution in [0.15, 0.2) is 134 Å². The van der Waals surface area contributed by atoms with Gasteiger partial charge in [0.1, 0.15) is 28.7 Å². The number of rotatable bonds is 17. The Morgan fingerprint density at radius 3 is 1.05 bits per heavy atom. The highest BCUT2D eigenvalue weighted by atomic mass is 16.7. The fourth-order valence-electron chi connectivity index (χ4n) is 4.98. The first-order chi connectivity index (χ1) is 28.1. The summed E-state index contributed by atoms with van der Waals surface area (Å²) in [6, 6.07) is 30.2. The fraction of sp³-hybridized carbons (Fsp3) is 0.156. The third kappa shape index (κ3) is 13.0. The van der Waals surface area contributed by atoms with Gasteiger partial charge >= 0.3 is 36.0 Å². The monoisotopic (exact) mass is 786 g/mol. The normalized spacial score (nSPS) is 10.4. The van der Waals surface area contributed by atoms with Gasteiger partial charge in [0.25, 0.3) is 0 Å². The molecule has 5 aromatic rings. The van der Waals surface area contributed by atoms with Gasteiger partial charge < -0.3 is 33.2 Å². The average molecular weight is 787 g/mol. The lowest BCUT2D eigenvalue weighted by molar-refractivity contribution is -0.137. The largest absolute Gasteiger partial charge is 0.513 e. The van der Waals surface area contributed by atoms with E-state index in [0.29, 0.717) is 25.0 Å². The van der Waals surface area contributed by atoms with Crippen molar-refractivity contribution in [3.05, 3.63) is 162 Å². The molecule has 0 N–H and O–H groups in total. The molecule has 5 rings (SSSR count). The molecule has 0 fully saturated rings. The summed E-state index contributed by atoms with van der Waals surface area (Å²) in [6.07, 6.45) is 3.11. The predicted octanol–water partition coefficient (Wildman–Crippen LogP) is 8.68. The maximum Gasteiger partial charge on any atom is 0.513 e. The molecule has 0 atom stereocenters. The first kappa shape index (κ1) is 41.6. The van der Waals surface area contributed by atoms with E-state index in [1.807, 2.05) is 19.1 Å². The van der Waals surface area contributed by atoms with Crippen molar-refractivity contribution in [2.75, 3.05) is 13.2 Å². The third-order valence-electron chi connectivity index (χ3n) is 8.09. The summed E-state index contributed by atoms with van der Waals surface area (Å²) in [6.45, 7) is 5.71. The Labute approximate surface area is 333 Å². The lowest BCUT2D eigenvalue weighted by atomic mass is 10.1. The number of esters is 5. The number of carbonyl (C=O) groups is 6. The van der Waals surface area contributed by atoms with Crippen molar-refractivity contribution >= 4 is 36.0 Å². The predicted molar refractivity (Wildman–Crippen MR) is 208 cm³/mol. The zero-order chi connectivity index (χ0) is 41.3. The Hall–Kier alpha value is -7.54. The first-order valence-electron chi connectivity index (χ1n) is 18.1. The van der Waals surface area contributed by atoms with Gasteiger partial charge in [0.15, 0.2) is 0 Å². The van der Waals surface area contributed by atoms with Crippen molar-refractivity contribution in [3.8, 4) is 28.7 Å². The van der Waals surface area contributed by atoms with Crippen molar-refractivity contribution in [1.82, 2.24) is 0 Å². The smallest absolute Gasteiger partial charge is 0.463 e. The SMILES string of the molecule is C=CC(=O)OCCCCCCOC(=O)Oc1ccc(C(=O)Oc2ccc(C(=O)Oc3ccc(OC(=O)c4ccc(OC(=O)c5ccc(C)cc5)cc4)cc3)cc2)cc1. The summed E-state index contributed by atoms with van der Waals surface area (Å²) in [7, 11) is 0. The average Bonchev–Trinajstić information content (AvgIpc) is 3.23. The minimum atomic E-state index is -0.882. The highest BCUT2D eigenvalue weighted by Gasteiger charge is 2.15. The molecule has 0 aromatic heterocycles. The Kier molecular flexibility index (Phi) is 15.0. The highest BCUT2D eigenvalue weighted by Crippen LogP contribution is 2.23. The Morgan fingerprint density at radius 1 is 0.414 bits per heavy atom. The number of benzene rings is 5. The van der Waals surface area contributed by atoms with Crippen LogP contribution in [0, 0.1) is 6.92 Å². The van der Waals surface area contributed by atoms with Crippen LogP contribution >= 0.6 is 0 Å². The molecule has 13 nitrogen and oxygen atoms in total. The molecule has 0 saturated heterocycles. The lowest BCUT2D eigenvalue weighted by Gasteiger charge is -2.09. The van der Waals surface area contributed by atoms with Gasteiger partial charge in [-0.3, -0.25) is 0 Å². The van der Waals surface area contributed by atoms with Crippen molar-refractivity contribution in [1.29, 1.82) is 0 Å². The van der Waals surface area contributed by atoms with Crippen LogP contribution in [0.4, 0.5) is 4.79 Å². The molecular formula is C45H38O13. The zero-order valence-corrected chi connectivity index (χ0v) is 31.4. The summed E-state index contributed by atoms with van der Waals surface area (Å²) in [5, 5.41) is 0. The van der Waals surface area contributed by atoms with Gasteiger partial charge in [0.2, 0.25) is 0 Å². The molecule has 0 unspecified atom stereocenters. The quantitative estimate of drug-likeness (QED) is 0.0289. The minimum absolute atomic E-state index is 0.162. The van der Waals surface area contributed by atoms with Crippen LogP contribution in [0.2, 0.25) is 0 Å². The third-order valence-corrected chi connectivity index (χ3v) is 8.09. The van der Waals surface area contributed by atoms with E-state index in [0.717, 1.165) is 24.5 Å². The molecular weight excluding hydrogens is 748 g/mol. The van der Waals surface area contributed by atoms with Crippen LogP contribution in [0.1, 0.15) is 72.7 Å². The molecule has 0 bridgehead atoms. The molecule has 0 spiro atoms. The number of hydrogen-bond donors (Lipinski definition) is 0. The van der Waals surface area contributed by atoms with Gasteiger partial charge in [-0.2, -0.15) is 0 Å². The van der Waals surface area contributed by atoms with E-state index in [1.165, 1.54) is 97.1 Å². The summed E-state index contributed by atoms with van der Waals surface area (Å²) < 4.78 is 36.7. The molecule has 0 amide bonds. The zero-order valence-electron chi connectivity index (χ0n) is 31.4. The van der Waals surface area contributed by atoms with Crippen LogP contribution in [0.3, 0.4) is 0 Å². The van der Waals surface area contributed by atoms with Gasteiger partial charge in [0, 0.05) is 6.08 Å². The van der Waals surface area contributed by atoms with Gasteiger partial charge in [-0.05, 0) is 142 Å². The van der Waals surface area contributed by atoms with E-state index in [1.54, 1.807) is 12.1 Å². The topological polar surface area (TPSA) is 167 Å². The van der Waals surface area contributed by atoms with E-state index in [4.69, 9.17) is 33.2 Å². The van der Waals surface area contributed by atoms with E-state index in [-0.39, 0.29) is 52.0 Å². The first-order valence-corrected chi connectivity index (χ1v) is 18.1. The van der Waals surface area contributed by atoms with Crippen molar-refractivity contribution in [3.63, 3.8) is 0 Å². The second-order valence-electron chi connectivity index (χ2n) is 12.5. The molecule has 0 aliphatic heterocycles. The van der Waals surface area contributed by atoms with Gasteiger partial charge in [-0.15, -0.1) is 0 Å². The van der Waals surface area contributed by atoms with Gasteiger partial charge in [-0.1, -0.05) is 24.3 Å². The second-order valence-corrected chi connectivity index (χ2v) is 12.5. The molecule has 296 valence electrons. The van der Waals surface area contributed by atoms with E-state index in [2.05, 4.69) is 6.58 Å². The number of unbranched alkanes of at least 4 members (excludes halogenated alkanes) is 3. The fourth-order valence-corrected chi connectivity index (χ4v) is 4.98. The number of ether oxygens (including phenoxy) is 7. The standard InChI is InChI=1S/C45H38O13/c1-3-40(46)52-28-6-4-5-7-29-53-45(51)58-39-22-16-34(17-23-39)42(48)55-36-20-14-33(15-21-36)44(50)57-38-26-24-37(25-27-38)56-43(49)32-12-18-35(19-13-32)54-41(47)31-10-8-30(2)9-11-31/h3,8-27H,1,4-7,28-29H2,2H3. The van der Waals surface area contributed by atoms with Crippen LogP contribution in [0.25, 0.3) is 0 Å².